The summed E-state index contributed by atoms with van der Waals surface area (Å²) in [6.07, 6.45) is 13.4. The number of Topliss-reactive ketones (excluding diaryl/α,β-unsaturated/α-hetero) is 1. The van der Waals surface area contributed by atoms with Gasteiger partial charge in [0.1, 0.15) is 5.82 Å². The summed E-state index contributed by atoms with van der Waals surface area (Å²) in [6, 6.07) is 5.36. The minimum atomic E-state index is -0.545. The van der Waals surface area contributed by atoms with Crippen molar-refractivity contribution >= 4 is 5.78 Å². The van der Waals surface area contributed by atoms with Gasteiger partial charge in [0.25, 0.3) is 0 Å². The standard InChI is InChI=1S/C26H39FO/c1-5-6-18-7-9-19(10-8-18)20-11-13-21(14-12-20)22-15-16-23(24(27)17-22)25(28)26(2,3)4/h15-21H,5-14H2,1-4H3. The van der Waals surface area contributed by atoms with Crippen molar-refractivity contribution in [1.82, 2.24) is 0 Å². The molecule has 0 atom stereocenters. The molecule has 0 spiro atoms. The molecule has 3 rings (SSSR count). The highest BCUT2D eigenvalue weighted by atomic mass is 19.1. The fourth-order valence-corrected chi connectivity index (χ4v) is 5.65. The SMILES string of the molecule is CCCC1CCC(C2CCC(c3ccc(C(=O)C(C)(C)C)c(F)c3)CC2)CC1. The molecule has 0 unspecified atom stereocenters. The van der Waals surface area contributed by atoms with E-state index in [0.29, 0.717) is 5.92 Å². The zero-order valence-electron chi connectivity index (χ0n) is 18.4. The van der Waals surface area contributed by atoms with Crippen LogP contribution < -0.4 is 0 Å². The van der Waals surface area contributed by atoms with Crippen LogP contribution in [-0.4, -0.2) is 5.78 Å². The molecule has 2 saturated carbocycles. The monoisotopic (exact) mass is 386 g/mol. The third-order valence-corrected chi connectivity index (χ3v) is 7.42. The predicted molar refractivity (Wildman–Crippen MR) is 115 cm³/mol. The summed E-state index contributed by atoms with van der Waals surface area (Å²) in [6.45, 7) is 7.85. The molecule has 28 heavy (non-hydrogen) atoms. The first-order chi connectivity index (χ1) is 13.3. The molecule has 1 aromatic carbocycles. The van der Waals surface area contributed by atoms with E-state index >= 15 is 0 Å². The van der Waals surface area contributed by atoms with Gasteiger partial charge in [-0.05, 0) is 79.9 Å². The van der Waals surface area contributed by atoms with Gasteiger partial charge >= 0.3 is 0 Å². The highest BCUT2D eigenvalue weighted by molar-refractivity contribution is 6.00. The van der Waals surface area contributed by atoms with E-state index in [1.807, 2.05) is 26.8 Å². The third-order valence-electron chi connectivity index (χ3n) is 7.42. The summed E-state index contributed by atoms with van der Waals surface area (Å²) in [5.41, 5.74) is 0.790. The lowest BCUT2D eigenvalue weighted by Crippen LogP contribution is -2.25. The molecule has 2 aliphatic carbocycles. The van der Waals surface area contributed by atoms with E-state index in [-0.39, 0.29) is 17.2 Å². The Kier molecular flexibility index (Phi) is 6.99. The first-order valence-electron chi connectivity index (χ1n) is 11.6. The van der Waals surface area contributed by atoms with Crippen LogP contribution in [0.4, 0.5) is 4.39 Å². The third kappa shape index (κ3) is 5.05. The molecular formula is C26H39FO. The second-order valence-corrected chi connectivity index (χ2v) is 10.5. The van der Waals surface area contributed by atoms with Gasteiger partial charge in [-0.3, -0.25) is 4.79 Å². The maximum Gasteiger partial charge on any atom is 0.171 e. The molecule has 2 aliphatic rings. The van der Waals surface area contributed by atoms with Gasteiger partial charge < -0.3 is 0 Å². The maximum absolute atomic E-state index is 14.6. The topological polar surface area (TPSA) is 17.1 Å². The average Bonchev–Trinajstić information content (AvgIpc) is 2.68. The van der Waals surface area contributed by atoms with Crippen molar-refractivity contribution in [2.24, 2.45) is 23.2 Å². The van der Waals surface area contributed by atoms with Crippen LogP contribution >= 0.6 is 0 Å². The van der Waals surface area contributed by atoms with Gasteiger partial charge in [-0.1, -0.05) is 59.4 Å². The summed E-state index contributed by atoms with van der Waals surface area (Å²) >= 11 is 0. The Morgan fingerprint density at radius 3 is 2.04 bits per heavy atom. The number of hydrogen-bond donors (Lipinski definition) is 0. The van der Waals surface area contributed by atoms with Crippen molar-refractivity contribution in [3.05, 3.63) is 35.1 Å². The smallest absolute Gasteiger partial charge is 0.171 e. The van der Waals surface area contributed by atoms with Crippen molar-refractivity contribution in [2.75, 3.05) is 0 Å². The van der Waals surface area contributed by atoms with Crippen LogP contribution in [-0.2, 0) is 0 Å². The lowest BCUT2D eigenvalue weighted by molar-refractivity contribution is 0.0854. The lowest BCUT2D eigenvalue weighted by Gasteiger charge is -2.38. The largest absolute Gasteiger partial charge is 0.293 e. The number of halogens is 1. The van der Waals surface area contributed by atoms with Gasteiger partial charge in [0.2, 0.25) is 0 Å². The van der Waals surface area contributed by atoms with E-state index in [2.05, 4.69) is 6.92 Å². The number of benzene rings is 1. The van der Waals surface area contributed by atoms with Crippen LogP contribution in [0.1, 0.15) is 114 Å². The molecule has 1 aromatic rings. The molecule has 0 amide bonds. The summed E-state index contributed by atoms with van der Waals surface area (Å²) < 4.78 is 14.6. The molecule has 0 radical (unpaired) electrons. The quantitative estimate of drug-likeness (QED) is 0.469. The van der Waals surface area contributed by atoms with E-state index in [1.54, 1.807) is 12.1 Å². The van der Waals surface area contributed by atoms with Crippen molar-refractivity contribution in [2.45, 2.75) is 97.8 Å². The molecule has 0 heterocycles. The fourth-order valence-electron chi connectivity index (χ4n) is 5.65. The minimum absolute atomic E-state index is 0.112. The molecular weight excluding hydrogens is 347 g/mol. The van der Waals surface area contributed by atoms with Gasteiger partial charge in [0.05, 0.1) is 5.56 Å². The molecule has 2 fully saturated rings. The first-order valence-corrected chi connectivity index (χ1v) is 11.6. The van der Waals surface area contributed by atoms with E-state index in [0.717, 1.165) is 23.3 Å². The molecule has 0 aromatic heterocycles. The normalized spacial score (nSPS) is 28.9. The van der Waals surface area contributed by atoms with E-state index in [9.17, 15) is 9.18 Å². The Labute approximate surface area is 171 Å². The summed E-state index contributed by atoms with van der Waals surface area (Å²) in [5.74, 6) is 2.80. The second kappa shape index (κ2) is 9.09. The highest BCUT2D eigenvalue weighted by Crippen LogP contribution is 2.44. The van der Waals surface area contributed by atoms with E-state index in [4.69, 9.17) is 0 Å². The second-order valence-electron chi connectivity index (χ2n) is 10.5. The molecule has 1 nitrogen and oxygen atoms in total. The van der Waals surface area contributed by atoms with Gasteiger partial charge in [0, 0.05) is 5.41 Å². The number of carbonyl (C=O) groups is 1. The van der Waals surface area contributed by atoms with Crippen LogP contribution in [0.5, 0.6) is 0 Å². The van der Waals surface area contributed by atoms with Gasteiger partial charge in [-0.2, -0.15) is 0 Å². The Morgan fingerprint density at radius 1 is 0.964 bits per heavy atom. The van der Waals surface area contributed by atoms with Crippen LogP contribution in [0.3, 0.4) is 0 Å². The predicted octanol–water partition coefficient (Wildman–Crippen LogP) is 7.93. The van der Waals surface area contributed by atoms with Gasteiger partial charge in [0.15, 0.2) is 5.78 Å². The first kappa shape index (κ1) is 21.5. The maximum atomic E-state index is 14.6. The minimum Gasteiger partial charge on any atom is -0.293 e. The van der Waals surface area contributed by atoms with E-state index in [1.165, 1.54) is 64.2 Å². The molecule has 2 heteroatoms. The number of hydrogen-bond acceptors (Lipinski definition) is 1. The Hall–Kier alpha value is -1.18. The van der Waals surface area contributed by atoms with E-state index < -0.39 is 5.41 Å². The molecule has 0 aliphatic heterocycles. The van der Waals surface area contributed by atoms with Gasteiger partial charge in [-0.15, -0.1) is 0 Å². The number of ketones is 1. The van der Waals surface area contributed by atoms with Crippen molar-refractivity contribution in [1.29, 1.82) is 0 Å². The van der Waals surface area contributed by atoms with Crippen LogP contribution in [0.15, 0.2) is 18.2 Å². The van der Waals surface area contributed by atoms with Crippen LogP contribution in [0.2, 0.25) is 0 Å². The molecule has 0 N–H and O–H groups in total. The van der Waals surface area contributed by atoms with Crippen molar-refractivity contribution in [3.63, 3.8) is 0 Å². The molecule has 156 valence electrons. The van der Waals surface area contributed by atoms with Crippen LogP contribution in [0, 0.1) is 29.0 Å². The molecule has 0 saturated heterocycles. The van der Waals surface area contributed by atoms with Crippen LogP contribution in [0.25, 0.3) is 0 Å². The number of rotatable bonds is 5. The van der Waals surface area contributed by atoms with Gasteiger partial charge in [-0.25, -0.2) is 4.39 Å². The zero-order chi connectivity index (χ0) is 20.3. The zero-order valence-corrected chi connectivity index (χ0v) is 18.4. The highest BCUT2D eigenvalue weighted by Gasteiger charge is 2.32. The lowest BCUT2D eigenvalue weighted by atomic mass is 9.68. The Bertz CT molecular complexity index is 656. The fraction of sp³-hybridized carbons (Fsp3) is 0.731. The number of carbonyl (C=O) groups excluding carboxylic acids is 1. The Balaban J connectivity index is 1.55. The summed E-state index contributed by atoms with van der Waals surface area (Å²) in [7, 11) is 0. The van der Waals surface area contributed by atoms with Crippen molar-refractivity contribution < 1.29 is 9.18 Å². The Morgan fingerprint density at radius 2 is 1.54 bits per heavy atom. The molecule has 0 bridgehead atoms. The summed E-state index contributed by atoms with van der Waals surface area (Å²) in [5, 5.41) is 0. The average molecular weight is 387 g/mol. The van der Waals surface area contributed by atoms with Crippen molar-refractivity contribution in [3.8, 4) is 0 Å². The summed E-state index contributed by atoms with van der Waals surface area (Å²) in [4.78, 5) is 12.4.